The van der Waals surface area contributed by atoms with E-state index in [0.717, 1.165) is 11.4 Å². The second kappa shape index (κ2) is 6.06. The summed E-state index contributed by atoms with van der Waals surface area (Å²) in [6.45, 7) is 0.607. The number of hydrogen-bond donors (Lipinski definition) is 1. The van der Waals surface area contributed by atoms with E-state index in [4.69, 9.17) is 17.3 Å². The van der Waals surface area contributed by atoms with E-state index in [0.29, 0.717) is 11.6 Å². The molecule has 1 aliphatic heterocycles. The van der Waals surface area contributed by atoms with Crippen LogP contribution in [0.15, 0.2) is 36.5 Å². The first kappa shape index (κ1) is 15.0. The number of benzene rings is 1. The zero-order valence-electron chi connectivity index (χ0n) is 11.8. The van der Waals surface area contributed by atoms with E-state index in [9.17, 15) is 9.18 Å². The van der Waals surface area contributed by atoms with E-state index in [1.54, 1.807) is 21.7 Å². The molecule has 2 aromatic rings. The van der Waals surface area contributed by atoms with Crippen LogP contribution in [0.25, 0.3) is 5.69 Å². The Kier molecular flexibility index (Phi) is 4.13. The molecule has 0 radical (unpaired) electrons. The molecular formula is C15H16ClFN4O. The SMILES string of the molecule is NC(=O)[C@@H]1C[C@@H](F)CN1Cc1ccn(-c2ccc(Cl)cc2)n1. The quantitative estimate of drug-likeness (QED) is 0.935. The summed E-state index contributed by atoms with van der Waals surface area (Å²) in [5.41, 5.74) is 6.97. The van der Waals surface area contributed by atoms with Gasteiger partial charge in [0.05, 0.1) is 17.4 Å². The third kappa shape index (κ3) is 3.13. The van der Waals surface area contributed by atoms with E-state index in [-0.39, 0.29) is 13.0 Å². The van der Waals surface area contributed by atoms with E-state index in [1.165, 1.54) is 0 Å². The van der Waals surface area contributed by atoms with Gasteiger partial charge in [-0.25, -0.2) is 9.07 Å². The summed E-state index contributed by atoms with van der Waals surface area (Å²) in [7, 11) is 0. The Bertz CT molecular complexity index is 672. The average molecular weight is 323 g/mol. The zero-order chi connectivity index (χ0) is 15.7. The number of primary amides is 1. The van der Waals surface area contributed by atoms with Crippen LogP contribution >= 0.6 is 11.6 Å². The normalized spacial score (nSPS) is 22.1. The molecule has 1 amide bonds. The molecule has 22 heavy (non-hydrogen) atoms. The third-order valence-corrected chi connectivity index (χ3v) is 4.03. The summed E-state index contributed by atoms with van der Waals surface area (Å²) in [5, 5.41) is 5.11. The molecule has 1 saturated heterocycles. The van der Waals surface area contributed by atoms with Gasteiger partial charge in [-0.2, -0.15) is 5.10 Å². The molecule has 0 saturated carbocycles. The molecule has 1 fully saturated rings. The van der Waals surface area contributed by atoms with Crippen LogP contribution in [0.3, 0.4) is 0 Å². The molecule has 7 heteroatoms. The largest absolute Gasteiger partial charge is 0.368 e. The first-order valence-corrected chi connectivity index (χ1v) is 7.38. The summed E-state index contributed by atoms with van der Waals surface area (Å²) in [4.78, 5) is 13.1. The lowest BCUT2D eigenvalue weighted by Crippen LogP contribution is -2.39. The molecule has 2 N–H and O–H groups in total. The minimum Gasteiger partial charge on any atom is -0.368 e. The van der Waals surface area contributed by atoms with Crippen LogP contribution in [-0.4, -0.2) is 39.3 Å². The van der Waals surface area contributed by atoms with Gasteiger partial charge in [0.1, 0.15) is 6.17 Å². The van der Waals surface area contributed by atoms with Crippen LogP contribution in [0.1, 0.15) is 12.1 Å². The Hall–Kier alpha value is -1.92. The Morgan fingerprint density at radius 3 is 2.77 bits per heavy atom. The van der Waals surface area contributed by atoms with Crippen LogP contribution in [0.5, 0.6) is 0 Å². The average Bonchev–Trinajstić information content (AvgIpc) is 3.07. The van der Waals surface area contributed by atoms with Crippen molar-refractivity contribution in [3.05, 3.63) is 47.2 Å². The second-order valence-corrected chi connectivity index (χ2v) is 5.85. The highest BCUT2D eigenvalue weighted by Crippen LogP contribution is 2.22. The number of hydrogen-bond acceptors (Lipinski definition) is 3. The molecule has 1 aromatic heterocycles. The van der Waals surface area contributed by atoms with Gasteiger partial charge in [-0.05, 0) is 30.3 Å². The van der Waals surface area contributed by atoms with Crippen molar-refractivity contribution in [2.24, 2.45) is 5.73 Å². The topological polar surface area (TPSA) is 64.2 Å². The van der Waals surface area contributed by atoms with Crippen molar-refractivity contribution in [1.82, 2.24) is 14.7 Å². The number of halogens is 2. The highest BCUT2D eigenvalue weighted by atomic mass is 35.5. The van der Waals surface area contributed by atoms with Crippen LogP contribution in [0, 0.1) is 0 Å². The van der Waals surface area contributed by atoms with Gasteiger partial charge in [0.2, 0.25) is 5.91 Å². The van der Waals surface area contributed by atoms with Gasteiger partial charge in [-0.3, -0.25) is 9.69 Å². The smallest absolute Gasteiger partial charge is 0.234 e. The molecule has 2 heterocycles. The maximum Gasteiger partial charge on any atom is 0.234 e. The van der Waals surface area contributed by atoms with Gasteiger partial charge in [0.25, 0.3) is 0 Å². The fourth-order valence-electron chi connectivity index (χ4n) is 2.71. The van der Waals surface area contributed by atoms with Crippen LogP contribution in [0.2, 0.25) is 5.02 Å². The minimum atomic E-state index is -1.02. The first-order chi connectivity index (χ1) is 10.5. The number of alkyl halides is 1. The lowest BCUT2D eigenvalue weighted by atomic mass is 10.2. The predicted molar refractivity (Wildman–Crippen MR) is 81.5 cm³/mol. The lowest BCUT2D eigenvalue weighted by molar-refractivity contribution is -0.122. The summed E-state index contributed by atoms with van der Waals surface area (Å²) in [6, 6.07) is 8.58. The van der Waals surface area contributed by atoms with Crippen molar-refractivity contribution < 1.29 is 9.18 Å². The van der Waals surface area contributed by atoms with E-state index >= 15 is 0 Å². The molecule has 0 bridgehead atoms. The van der Waals surface area contributed by atoms with Crippen molar-refractivity contribution in [1.29, 1.82) is 0 Å². The maximum atomic E-state index is 13.5. The molecule has 1 aromatic carbocycles. The Labute approximate surface area is 132 Å². The number of aromatic nitrogens is 2. The van der Waals surface area contributed by atoms with Crippen molar-refractivity contribution in [3.8, 4) is 5.69 Å². The summed E-state index contributed by atoms with van der Waals surface area (Å²) < 4.78 is 15.2. The third-order valence-electron chi connectivity index (χ3n) is 3.78. The molecule has 1 aliphatic rings. The fourth-order valence-corrected chi connectivity index (χ4v) is 2.84. The Balaban J connectivity index is 1.74. The predicted octanol–water partition coefficient (Wildman–Crippen LogP) is 1.92. The van der Waals surface area contributed by atoms with Crippen molar-refractivity contribution >= 4 is 17.5 Å². The molecular weight excluding hydrogens is 307 g/mol. The Morgan fingerprint density at radius 1 is 1.36 bits per heavy atom. The fraction of sp³-hybridized carbons (Fsp3) is 0.333. The number of amides is 1. The standard InChI is InChI=1S/C15H16ClFN4O/c16-10-1-3-13(4-2-10)21-6-5-12(19-21)9-20-8-11(17)7-14(20)15(18)22/h1-6,11,14H,7-9H2,(H2,18,22)/t11-,14+/m1/s1. The first-order valence-electron chi connectivity index (χ1n) is 7.01. The van der Waals surface area contributed by atoms with E-state index < -0.39 is 18.1 Å². The van der Waals surface area contributed by atoms with Crippen molar-refractivity contribution in [3.63, 3.8) is 0 Å². The minimum absolute atomic E-state index is 0.160. The molecule has 0 unspecified atom stereocenters. The number of likely N-dealkylation sites (tertiary alicyclic amines) is 1. The van der Waals surface area contributed by atoms with E-state index in [1.807, 2.05) is 24.4 Å². The van der Waals surface area contributed by atoms with Crippen LogP contribution in [0.4, 0.5) is 4.39 Å². The number of rotatable bonds is 4. The summed E-state index contributed by atoms with van der Waals surface area (Å²) in [6.07, 6.45) is 0.962. The second-order valence-electron chi connectivity index (χ2n) is 5.41. The van der Waals surface area contributed by atoms with Gasteiger partial charge >= 0.3 is 0 Å². The van der Waals surface area contributed by atoms with Gasteiger partial charge in [0.15, 0.2) is 0 Å². The van der Waals surface area contributed by atoms with E-state index in [2.05, 4.69) is 5.10 Å². The molecule has 2 atom stereocenters. The van der Waals surface area contributed by atoms with Gasteiger partial charge in [-0.1, -0.05) is 11.6 Å². The van der Waals surface area contributed by atoms with Crippen LogP contribution in [-0.2, 0) is 11.3 Å². The highest BCUT2D eigenvalue weighted by molar-refractivity contribution is 6.30. The number of nitrogens with zero attached hydrogens (tertiary/aromatic N) is 3. The van der Waals surface area contributed by atoms with Crippen molar-refractivity contribution in [2.45, 2.75) is 25.2 Å². The van der Waals surface area contributed by atoms with Crippen molar-refractivity contribution in [2.75, 3.05) is 6.54 Å². The lowest BCUT2D eigenvalue weighted by Gasteiger charge is -2.19. The molecule has 116 valence electrons. The number of nitrogens with two attached hydrogens (primary N) is 1. The Morgan fingerprint density at radius 2 is 2.09 bits per heavy atom. The molecule has 3 rings (SSSR count). The van der Waals surface area contributed by atoms with Gasteiger partial charge < -0.3 is 5.73 Å². The molecule has 0 aliphatic carbocycles. The molecule has 0 spiro atoms. The maximum absolute atomic E-state index is 13.5. The molecule has 5 nitrogen and oxygen atoms in total. The van der Waals surface area contributed by atoms with Gasteiger partial charge in [-0.15, -0.1) is 0 Å². The zero-order valence-corrected chi connectivity index (χ0v) is 12.6. The number of carbonyl (C=O) groups excluding carboxylic acids is 1. The van der Waals surface area contributed by atoms with Crippen LogP contribution < -0.4 is 5.73 Å². The number of carbonyl (C=O) groups is 1. The monoisotopic (exact) mass is 322 g/mol. The van der Waals surface area contributed by atoms with Gasteiger partial charge in [0, 0.05) is 30.7 Å². The summed E-state index contributed by atoms with van der Waals surface area (Å²) >= 11 is 5.86. The summed E-state index contributed by atoms with van der Waals surface area (Å²) in [5.74, 6) is -0.489. The highest BCUT2D eigenvalue weighted by Gasteiger charge is 2.35.